The van der Waals surface area contributed by atoms with Crippen molar-refractivity contribution in [3.8, 4) is 11.5 Å². The highest BCUT2D eigenvalue weighted by atomic mass is 79.9. The number of fused-ring (bicyclic) bond motifs is 1. The van der Waals surface area contributed by atoms with E-state index in [0.29, 0.717) is 28.5 Å². The van der Waals surface area contributed by atoms with Gasteiger partial charge in [0.15, 0.2) is 18.1 Å². The number of halogens is 1. The van der Waals surface area contributed by atoms with Crippen LogP contribution in [0.1, 0.15) is 44.4 Å². The number of carbonyl (C=O) groups is 3. The Morgan fingerprint density at radius 3 is 2.59 bits per heavy atom. The molecule has 4 rings (SSSR count). The van der Waals surface area contributed by atoms with Crippen LogP contribution in [-0.4, -0.2) is 43.6 Å². The molecule has 11 heteroatoms. The second kappa shape index (κ2) is 12.9. The van der Waals surface area contributed by atoms with Crippen molar-refractivity contribution in [3.05, 3.63) is 67.5 Å². The molecule has 1 N–H and O–H groups in total. The third-order valence-electron chi connectivity index (χ3n) is 5.93. The van der Waals surface area contributed by atoms with E-state index in [2.05, 4.69) is 21.2 Å². The molecule has 206 valence electrons. The van der Waals surface area contributed by atoms with Gasteiger partial charge in [-0.25, -0.2) is 4.79 Å². The molecule has 1 aliphatic rings. The molecule has 39 heavy (non-hydrogen) atoms. The Labute approximate surface area is 243 Å². The maximum Gasteiger partial charge on any atom is 0.341 e. The summed E-state index contributed by atoms with van der Waals surface area (Å²) in [5, 5.41) is 3.09. The highest BCUT2D eigenvalue weighted by molar-refractivity contribution is 9.10. The van der Waals surface area contributed by atoms with Crippen LogP contribution in [0.15, 0.2) is 39.7 Å². The Bertz CT molecular complexity index is 1420. The predicted octanol–water partition coefficient (Wildman–Crippen LogP) is 6.21. The third-order valence-corrected chi connectivity index (χ3v) is 8.97. The first kappa shape index (κ1) is 29.0. The molecule has 1 aromatic heterocycles. The summed E-state index contributed by atoms with van der Waals surface area (Å²) < 4.78 is 22.4. The number of hydrogen-bond acceptors (Lipinski definition) is 9. The molecule has 0 atom stereocenters. The fourth-order valence-corrected chi connectivity index (χ4v) is 6.39. The number of benzene rings is 2. The monoisotopic (exact) mass is 633 g/mol. The highest BCUT2D eigenvalue weighted by Gasteiger charge is 2.25. The van der Waals surface area contributed by atoms with Crippen molar-refractivity contribution >= 4 is 61.9 Å². The Hall–Kier alpha value is -3.02. The normalized spacial score (nSPS) is 11.8. The van der Waals surface area contributed by atoms with Crippen molar-refractivity contribution in [2.24, 2.45) is 0 Å². The van der Waals surface area contributed by atoms with Crippen LogP contribution in [0.5, 0.6) is 11.5 Å². The minimum Gasteiger partial charge on any atom is -0.462 e. The Morgan fingerprint density at radius 2 is 1.82 bits per heavy atom. The molecule has 0 saturated carbocycles. The molecule has 8 nitrogen and oxygen atoms in total. The van der Waals surface area contributed by atoms with E-state index in [9.17, 15) is 14.4 Å². The van der Waals surface area contributed by atoms with E-state index in [1.165, 1.54) is 23.1 Å². The lowest BCUT2D eigenvalue weighted by atomic mass is 10.0. The van der Waals surface area contributed by atoms with Crippen molar-refractivity contribution in [2.45, 2.75) is 39.0 Å². The minimum absolute atomic E-state index is 0.0705. The third kappa shape index (κ3) is 7.14. The maximum absolute atomic E-state index is 12.9. The van der Waals surface area contributed by atoms with E-state index in [4.69, 9.17) is 18.9 Å². The smallest absolute Gasteiger partial charge is 0.341 e. The van der Waals surface area contributed by atoms with Crippen LogP contribution in [0.3, 0.4) is 0 Å². The number of carbonyl (C=O) groups excluding carboxylic acids is 3. The number of nitrogens with one attached hydrogen (secondary N) is 1. The molecule has 1 aliphatic heterocycles. The molecular formula is C28H28BrNO7S2. The second-order valence-corrected chi connectivity index (χ2v) is 11.9. The zero-order valence-corrected chi connectivity index (χ0v) is 25.2. The van der Waals surface area contributed by atoms with Gasteiger partial charge in [0.05, 0.1) is 17.9 Å². The van der Waals surface area contributed by atoms with Crippen molar-refractivity contribution in [1.82, 2.24) is 0 Å². The zero-order valence-electron chi connectivity index (χ0n) is 22.0. The SMILES string of the molecule is CCOC(=O)c1c(NC(=O)COC(=O)CSc2cc(C)c(Br)cc2C)sc(C)c1Cc1ccc2c(c1)OCO2. The van der Waals surface area contributed by atoms with E-state index < -0.39 is 24.5 Å². The molecule has 0 fully saturated rings. The van der Waals surface area contributed by atoms with Gasteiger partial charge >= 0.3 is 11.9 Å². The first-order valence-electron chi connectivity index (χ1n) is 12.2. The number of esters is 2. The summed E-state index contributed by atoms with van der Waals surface area (Å²) in [5.74, 6) is -0.175. The van der Waals surface area contributed by atoms with Gasteiger partial charge in [-0.05, 0) is 80.6 Å². The number of hydrogen-bond donors (Lipinski definition) is 1. The molecule has 0 spiro atoms. The molecular weight excluding hydrogens is 606 g/mol. The molecule has 0 radical (unpaired) electrons. The number of thioether (sulfide) groups is 1. The standard InChI is InChI=1S/C28H28BrNO7S2/c1-5-34-28(33)26-19(10-18-6-7-21-22(11-18)37-14-36-21)17(4)39-27(26)30-24(31)12-35-25(32)13-38-23-9-15(2)20(29)8-16(23)3/h6-9,11H,5,10,12-14H2,1-4H3,(H,30,31). The van der Waals surface area contributed by atoms with Gasteiger partial charge in [-0.15, -0.1) is 23.1 Å². The summed E-state index contributed by atoms with van der Waals surface area (Å²) in [7, 11) is 0. The van der Waals surface area contributed by atoms with Crippen LogP contribution < -0.4 is 14.8 Å². The van der Waals surface area contributed by atoms with E-state index in [1.807, 2.05) is 51.1 Å². The fraction of sp³-hybridized carbons (Fsp3) is 0.321. The molecule has 0 bridgehead atoms. The van der Waals surface area contributed by atoms with E-state index in [-0.39, 0.29) is 19.2 Å². The first-order chi connectivity index (χ1) is 18.7. The highest BCUT2D eigenvalue weighted by Crippen LogP contribution is 2.38. The number of amides is 1. The van der Waals surface area contributed by atoms with Gasteiger partial charge in [-0.1, -0.05) is 22.0 Å². The quantitative estimate of drug-likeness (QED) is 0.208. The average molecular weight is 635 g/mol. The number of rotatable bonds is 10. The number of thiophene rings is 1. The zero-order chi connectivity index (χ0) is 28.1. The maximum atomic E-state index is 12.9. The molecule has 2 heterocycles. The molecule has 0 unspecified atom stereocenters. The second-order valence-electron chi connectivity index (χ2n) is 8.79. The van der Waals surface area contributed by atoms with Crippen LogP contribution in [0.2, 0.25) is 0 Å². The largest absolute Gasteiger partial charge is 0.462 e. The summed E-state index contributed by atoms with van der Waals surface area (Å²) in [6.45, 7) is 7.46. The Balaban J connectivity index is 1.41. The Kier molecular flexibility index (Phi) is 9.58. The van der Waals surface area contributed by atoms with Crippen LogP contribution in [0, 0.1) is 20.8 Å². The van der Waals surface area contributed by atoms with Gasteiger partial charge in [0.2, 0.25) is 6.79 Å². The average Bonchev–Trinajstić information content (AvgIpc) is 3.48. The lowest BCUT2D eigenvalue weighted by Gasteiger charge is -2.10. The van der Waals surface area contributed by atoms with Gasteiger partial charge in [-0.2, -0.15) is 0 Å². The summed E-state index contributed by atoms with van der Waals surface area (Å²) in [6.07, 6.45) is 0.435. The number of anilines is 1. The fourth-order valence-electron chi connectivity index (χ4n) is 3.95. The van der Waals surface area contributed by atoms with E-state index in [1.54, 1.807) is 6.92 Å². The van der Waals surface area contributed by atoms with Crippen molar-refractivity contribution in [3.63, 3.8) is 0 Å². The van der Waals surface area contributed by atoms with Crippen molar-refractivity contribution in [1.29, 1.82) is 0 Å². The van der Waals surface area contributed by atoms with Gasteiger partial charge in [-0.3, -0.25) is 9.59 Å². The Morgan fingerprint density at radius 1 is 1.05 bits per heavy atom. The predicted molar refractivity (Wildman–Crippen MR) is 154 cm³/mol. The summed E-state index contributed by atoms with van der Waals surface area (Å²) in [6, 6.07) is 9.62. The van der Waals surface area contributed by atoms with Crippen molar-refractivity contribution in [2.75, 3.05) is 31.1 Å². The molecule has 0 aliphatic carbocycles. The lowest BCUT2D eigenvalue weighted by Crippen LogP contribution is -2.22. The van der Waals surface area contributed by atoms with Gasteiger partial charge < -0.3 is 24.3 Å². The number of ether oxygens (including phenoxy) is 4. The van der Waals surface area contributed by atoms with E-state index >= 15 is 0 Å². The van der Waals surface area contributed by atoms with Crippen LogP contribution in [0.4, 0.5) is 5.00 Å². The summed E-state index contributed by atoms with van der Waals surface area (Å²) >= 11 is 6.13. The molecule has 2 aromatic carbocycles. The van der Waals surface area contributed by atoms with Gasteiger partial charge in [0.25, 0.3) is 5.91 Å². The van der Waals surface area contributed by atoms with Crippen LogP contribution in [-0.2, 0) is 25.5 Å². The lowest BCUT2D eigenvalue weighted by molar-refractivity contribution is -0.144. The first-order valence-corrected chi connectivity index (χ1v) is 14.8. The molecule has 3 aromatic rings. The van der Waals surface area contributed by atoms with Gasteiger partial charge in [0.1, 0.15) is 5.00 Å². The topological polar surface area (TPSA) is 100 Å². The summed E-state index contributed by atoms with van der Waals surface area (Å²) in [4.78, 5) is 39.8. The van der Waals surface area contributed by atoms with Crippen LogP contribution in [0.25, 0.3) is 0 Å². The minimum atomic E-state index is -0.537. The van der Waals surface area contributed by atoms with Gasteiger partial charge in [0, 0.05) is 14.2 Å². The summed E-state index contributed by atoms with van der Waals surface area (Å²) in [5.41, 5.74) is 4.08. The molecule has 1 amide bonds. The molecule has 0 saturated heterocycles. The van der Waals surface area contributed by atoms with Crippen molar-refractivity contribution < 1.29 is 33.3 Å². The van der Waals surface area contributed by atoms with Crippen LogP contribution >= 0.6 is 39.0 Å². The van der Waals surface area contributed by atoms with E-state index in [0.717, 1.165) is 36.5 Å². The number of aryl methyl sites for hydroxylation is 3.